The topological polar surface area (TPSA) is 26.3 Å². The van der Waals surface area contributed by atoms with Gasteiger partial charge in [-0.3, -0.25) is 0 Å². The number of unbranched alkanes of at least 4 members (excludes halogenated alkanes) is 3. The number of hydrogen-bond acceptors (Lipinski definition) is 3. The minimum absolute atomic E-state index is 0.260. The van der Waals surface area contributed by atoms with Crippen LogP contribution in [0, 0.1) is 0 Å². The van der Waals surface area contributed by atoms with Crippen LogP contribution in [0.25, 0.3) is 0 Å². The predicted molar refractivity (Wildman–Crippen MR) is 65.1 cm³/mol. The summed E-state index contributed by atoms with van der Waals surface area (Å²) in [7, 11) is 0. The quantitative estimate of drug-likeness (QED) is 0.276. The van der Waals surface area contributed by atoms with Gasteiger partial charge in [-0.05, 0) is 19.8 Å². The van der Waals surface area contributed by atoms with Crippen molar-refractivity contribution in [1.29, 1.82) is 0 Å². The van der Waals surface area contributed by atoms with Crippen LogP contribution < -0.4 is 0 Å². The molecule has 1 saturated heterocycles. The fourth-order valence-corrected chi connectivity index (χ4v) is 1.99. The van der Waals surface area contributed by atoms with Crippen molar-refractivity contribution in [3.63, 3.8) is 0 Å². The van der Waals surface area contributed by atoms with Gasteiger partial charge in [-0.1, -0.05) is 25.8 Å². The molecule has 1 heterocycles. The highest BCUT2D eigenvalue weighted by Crippen LogP contribution is 2.34. The van der Waals surface area contributed by atoms with Gasteiger partial charge in [0.25, 0.3) is 0 Å². The van der Waals surface area contributed by atoms with Crippen molar-refractivity contribution in [2.24, 2.45) is 0 Å². The smallest absolute Gasteiger partial charge is 0.333 e. The molecule has 2 nitrogen and oxygen atoms in total. The van der Waals surface area contributed by atoms with Crippen molar-refractivity contribution in [1.82, 2.24) is 0 Å². The van der Waals surface area contributed by atoms with Crippen LogP contribution >= 0.6 is 11.8 Å². The van der Waals surface area contributed by atoms with Crippen molar-refractivity contribution in [3.8, 4) is 0 Å². The van der Waals surface area contributed by atoms with Crippen LogP contribution in [0.1, 0.15) is 39.0 Å². The van der Waals surface area contributed by atoms with Gasteiger partial charge in [-0.15, -0.1) is 0 Å². The summed E-state index contributed by atoms with van der Waals surface area (Å²) in [6, 6.07) is 0. The number of rotatable bonds is 8. The van der Waals surface area contributed by atoms with Gasteiger partial charge < -0.3 is 4.74 Å². The zero-order valence-electron chi connectivity index (χ0n) is 9.46. The minimum atomic E-state index is -0.260. The van der Waals surface area contributed by atoms with E-state index in [9.17, 15) is 4.79 Å². The van der Waals surface area contributed by atoms with E-state index in [0.29, 0.717) is 12.2 Å². The average molecular weight is 228 g/mol. The molecule has 0 aromatic heterocycles. The first-order valence-electron chi connectivity index (χ1n) is 5.64. The number of carbonyl (C=O) groups is 1. The standard InChI is InChI=1S/C12H20O2S/c1-10(2)12(13)14-8-6-4-3-5-7-11-9-15-11/h11H,1,3-9H2,2H3. The highest BCUT2D eigenvalue weighted by atomic mass is 32.2. The molecule has 0 aliphatic carbocycles. The maximum Gasteiger partial charge on any atom is 0.333 e. The lowest BCUT2D eigenvalue weighted by molar-refractivity contribution is -0.139. The molecule has 1 aliphatic heterocycles. The number of carbonyl (C=O) groups excluding carboxylic acids is 1. The molecular weight excluding hydrogens is 208 g/mol. The van der Waals surface area contributed by atoms with Gasteiger partial charge in [0.2, 0.25) is 0 Å². The molecule has 1 unspecified atom stereocenters. The first-order valence-corrected chi connectivity index (χ1v) is 6.69. The average Bonchev–Trinajstić information content (AvgIpc) is 2.99. The lowest BCUT2D eigenvalue weighted by atomic mass is 10.1. The van der Waals surface area contributed by atoms with Gasteiger partial charge in [-0.2, -0.15) is 11.8 Å². The van der Waals surface area contributed by atoms with Crippen LogP contribution in [0.3, 0.4) is 0 Å². The molecule has 0 radical (unpaired) electrons. The molecule has 1 aliphatic rings. The molecule has 0 bridgehead atoms. The second-order valence-electron chi connectivity index (χ2n) is 4.07. The van der Waals surface area contributed by atoms with Gasteiger partial charge in [0.15, 0.2) is 0 Å². The van der Waals surface area contributed by atoms with E-state index in [1.807, 2.05) is 0 Å². The van der Waals surface area contributed by atoms with E-state index in [1.165, 1.54) is 31.4 Å². The van der Waals surface area contributed by atoms with Gasteiger partial charge in [0.1, 0.15) is 0 Å². The lowest BCUT2D eigenvalue weighted by Crippen LogP contribution is -2.06. The predicted octanol–water partition coefficient (Wildman–Crippen LogP) is 3.17. The Hall–Kier alpha value is -0.440. The van der Waals surface area contributed by atoms with Crippen molar-refractivity contribution < 1.29 is 9.53 Å². The molecule has 1 atom stereocenters. The van der Waals surface area contributed by atoms with Crippen LogP contribution in [-0.2, 0) is 9.53 Å². The summed E-state index contributed by atoms with van der Waals surface area (Å²) < 4.78 is 5.00. The second kappa shape index (κ2) is 6.94. The summed E-state index contributed by atoms with van der Waals surface area (Å²) in [6.07, 6.45) is 6.11. The number of hydrogen-bond donors (Lipinski definition) is 0. The third kappa shape index (κ3) is 6.61. The van der Waals surface area contributed by atoms with E-state index in [4.69, 9.17) is 4.74 Å². The Morgan fingerprint density at radius 1 is 1.40 bits per heavy atom. The molecule has 0 aromatic carbocycles. The Labute approximate surface area is 96.5 Å². The molecule has 1 fully saturated rings. The fraction of sp³-hybridized carbons (Fsp3) is 0.750. The maximum atomic E-state index is 11.0. The number of esters is 1. The molecule has 0 N–H and O–H groups in total. The molecule has 1 rings (SSSR count). The SMILES string of the molecule is C=C(C)C(=O)OCCCCCCC1CS1. The van der Waals surface area contributed by atoms with Crippen LogP contribution in [-0.4, -0.2) is 23.6 Å². The third-order valence-electron chi connectivity index (χ3n) is 2.40. The van der Waals surface area contributed by atoms with Crippen molar-refractivity contribution in [3.05, 3.63) is 12.2 Å². The molecule has 3 heteroatoms. The van der Waals surface area contributed by atoms with Crippen LogP contribution in [0.2, 0.25) is 0 Å². The summed E-state index contributed by atoms with van der Waals surface area (Å²) in [6.45, 7) is 5.75. The van der Waals surface area contributed by atoms with Crippen molar-refractivity contribution >= 4 is 17.7 Å². The summed E-state index contributed by atoms with van der Waals surface area (Å²) in [5, 5.41) is 0.964. The van der Waals surface area contributed by atoms with E-state index < -0.39 is 0 Å². The van der Waals surface area contributed by atoms with Crippen LogP contribution in [0.4, 0.5) is 0 Å². The summed E-state index contributed by atoms with van der Waals surface area (Å²) in [5.74, 6) is 1.11. The molecule has 15 heavy (non-hydrogen) atoms. The Kier molecular flexibility index (Phi) is 5.84. The Bertz CT molecular complexity index is 222. The molecular formula is C12H20O2S. The number of ether oxygens (including phenoxy) is 1. The maximum absolute atomic E-state index is 11.0. The molecule has 0 spiro atoms. The van der Waals surface area contributed by atoms with E-state index in [2.05, 4.69) is 18.3 Å². The highest BCUT2D eigenvalue weighted by Gasteiger charge is 2.20. The van der Waals surface area contributed by atoms with Gasteiger partial charge in [0.05, 0.1) is 6.61 Å². The van der Waals surface area contributed by atoms with Crippen molar-refractivity contribution in [2.75, 3.05) is 12.4 Å². The lowest BCUT2D eigenvalue weighted by Gasteiger charge is -2.03. The van der Waals surface area contributed by atoms with E-state index in [-0.39, 0.29) is 5.97 Å². The Morgan fingerprint density at radius 2 is 2.07 bits per heavy atom. The summed E-state index contributed by atoms with van der Waals surface area (Å²) >= 11 is 2.06. The van der Waals surface area contributed by atoms with E-state index in [0.717, 1.165) is 11.7 Å². The largest absolute Gasteiger partial charge is 0.462 e. The molecule has 0 aromatic rings. The summed E-state index contributed by atoms with van der Waals surface area (Å²) in [4.78, 5) is 11.0. The minimum Gasteiger partial charge on any atom is -0.462 e. The monoisotopic (exact) mass is 228 g/mol. The Morgan fingerprint density at radius 3 is 2.67 bits per heavy atom. The van der Waals surface area contributed by atoms with Crippen LogP contribution in [0.15, 0.2) is 12.2 Å². The third-order valence-corrected chi connectivity index (χ3v) is 3.44. The number of thioether (sulfide) groups is 1. The van der Waals surface area contributed by atoms with Crippen LogP contribution in [0.5, 0.6) is 0 Å². The summed E-state index contributed by atoms with van der Waals surface area (Å²) in [5.41, 5.74) is 0.487. The fourth-order valence-electron chi connectivity index (χ4n) is 1.35. The van der Waals surface area contributed by atoms with E-state index in [1.54, 1.807) is 6.92 Å². The van der Waals surface area contributed by atoms with Crippen molar-refractivity contribution in [2.45, 2.75) is 44.3 Å². The molecule has 0 saturated carbocycles. The normalized spacial score (nSPS) is 18.6. The second-order valence-corrected chi connectivity index (χ2v) is 5.41. The van der Waals surface area contributed by atoms with Gasteiger partial charge >= 0.3 is 5.97 Å². The van der Waals surface area contributed by atoms with Gasteiger partial charge in [0, 0.05) is 16.6 Å². The Balaban J connectivity index is 1.79. The molecule has 86 valence electrons. The molecule has 0 amide bonds. The van der Waals surface area contributed by atoms with Gasteiger partial charge in [-0.25, -0.2) is 4.79 Å². The zero-order valence-corrected chi connectivity index (χ0v) is 10.3. The highest BCUT2D eigenvalue weighted by molar-refractivity contribution is 8.06. The first-order chi connectivity index (χ1) is 7.20. The zero-order chi connectivity index (χ0) is 11.1. The van der Waals surface area contributed by atoms with E-state index >= 15 is 0 Å². The first kappa shape index (κ1) is 12.6.